The van der Waals surface area contributed by atoms with Crippen molar-refractivity contribution in [3.05, 3.63) is 46.0 Å². The minimum Gasteiger partial charge on any atom is -0.467 e. The van der Waals surface area contributed by atoms with E-state index in [4.69, 9.17) is 10.2 Å². The van der Waals surface area contributed by atoms with Crippen LogP contribution in [0.4, 0.5) is 0 Å². The van der Waals surface area contributed by atoms with Crippen LogP contribution in [0.25, 0.3) is 0 Å². The molecule has 0 aromatic carbocycles. The summed E-state index contributed by atoms with van der Waals surface area (Å²) in [6.07, 6.45) is 1.44. The Morgan fingerprint density at radius 1 is 1.53 bits per heavy atom. The van der Waals surface area contributed by atoms with Crippen molar-refractivity contribution in [1.82, 2.24) is 5.32 Å². The molecule has 0 radical (unpaired) electrons. The first-order valence-electron chi connectivity index (χ1n) is 6.12. The Labute approximate surface area is 116 Å². The fourth-order valence-electron chi connectivity index (χ4n) is 1.76. The Kier molecular flexibility index (Phi) is 4.07. The van der Waals surface area contributed by atoms with Crippen LogP contribution in [0.5, 0.6) is 0 Å². The summed E-state index contributed by atoms with van der Waals surface area (Å²) < 4.78 is 5.16. The molecule has 3 N–H and O–H groups in total. The summed E-state index contributed by atoms with van der Waals surface area (Å²) in [6, 6.07) is 5.78. The van der Waals surface area contributed by atoms with Crippen LogP contribution in [-0.2, 0) is 12.0 Å². The number of hydrogen-bond donors (Lipinski definition) is 2. The number of carbonyl (C=O) groups is 1. The molecule has 4 nitrogen and oxygen atoms in total. The predicted octanol–water partition coefficient (Wildman–Crippen LogP) is 2.51. The van der Waals surface area contributed by atoms with Gasteiger partial charge in [-0.1, -0.05) is 19.9 Å². The van der Waals surface area contributed by atoms with E-state index in [1.807, 2.05) is 11.4 Å². The number of hydrogen-bond acceptors (Lipinski definition) is 4. The molecule has 0 aliphatic heterocycles. The topological polar surface area (TPSA) is 68.3 Å². The first kappa shape index (κ1) is 13.8. The maximum absolute atomic E-state index is 12.0. The van der Waals surface area contributed by atoms with E-state index in [9.17, 15) is 4.79 Å². The minimum atomic E-state index is -0.131. The van der Waals surface area contributed by atoms with Crippen LogP contribution < -0.4 is 11.1 Å². The number of amides is 1. The van der Waals surface area contributed by atoms with Gasteiger partial charge in [-0.25, -0.2) is 0 Å². The largest absolute Gasteiger partial charge is 0.467 e. The highest BCUT2D eigenvalue weighted by Gasteiger charge is 2.23. The van der Waals surface area contributed by atoms with Crippen molar-refractivity contribution in [2.75, 3.05) is 6.54 Å². The van der Waals surface area contributed by atoms with Gasteiger partial charge in [-0.05, 0) is 17.5 Å². The van der Waals surface area contributed by atoms with Crippen LogP contribution in [0.3, 0.4) is 0 Å². The van der Waals surface area contributed by atoms with E-state index in [1.54, 1.807) is 17.4 Å². The molecule has 0 bridgehead atoms. The monoisotopic (exact) mass is 278 g/mol. The lowest BCUT2D eigenvalue weighted by Crippen LogP contribution is -2.36. The van der Waals surface area contributed by atoms with Crippen molar-refractivity contribution in [3.63, 3.8) is 0 Å². The quantitative estimate of drug-likeness (QED) is 0.883. The molecule has 5 heteroatoms. The third-order valence-electron chi connectivity index (χ3n) is 3.00. The molecule has 2 rings (SSSR count). The van der Waals surface area contributed by atoms with Gasteiger partial charge in [0.25, 0.3) is 5.91 Å². The highest BCUT2D eigenvalue weighted by atomic mass is 32.1. The van der Waals surface area contributed by atoms with E-state index in [0.29, 0.717) is 24.4 Å². The molecule has 2 aromatic rings. The Bertz CT molecular complexity index is 544. The average molecular weight is 278 g/mol. The molecule has 2 heterocycles. The molecule has 2 aromatic heterocycles. The lowest BCUT2D eigenvalue weighted by atomic mass is 9.91. The lowest BCUT2D eigenvalue weighted by molar-refractivity contribution is 0.0945. The van der Waals surface area contributed by atoms with Crippen LogP contribution in [-0.4, -0.2) is 12.5 Å². The van der Waals surface area contributed by atoms with Crippen molar-refractivity contribution >= 4 is 17.2 Å². The second kappa shape index (κ2) is 5.59. The van der Waals surface area contributed by atoms with Crippen molar-refractivity contribution < 1.29 is 9.21 Å². The zero-order valence-corrected chi connectivity index (χ0v) is 11.9. The fourth-order valence-corrected chi connectivity index (χ4v) is 2.61. The SMILES string of the molecule is CC(C)(CNC(=O)c1coc(CN)c1)c1cccs1. The molecule has 0 saturated heterocycles. The molecular weight excluding hydrogens is 260 g/mol. The predicted molar refractivity (Wildman–Crippen MR) is 76.3 cm³/mol. The summed E-state index contributed by atoms with van der Waals surface area (Å²) in [5.41, 5.74) is 5.88. The van der Waals surface area contributed by atoms with Gasteiger partial charge in [-0.3, -0.25) is 4.79 Å². The molecule has 0 aliphatic carbocycles. The number of carbonyl (C=O) groups excluding carboxylic acids is 1. The third-order valence-corrected chi connectivity index (χ3v) is 4.23. The van der Waals surface area contributed by atoms with Crippen molar-refractivity contribution in [3.8, 4) is 0 Å². The van der Waals surface area contributed by atoms with Crippen LogP contribution in [0.2, 0.25) is 0 Å². The minimum absolute atomic E-state index is 0.0791. The van der Waals surface area contributed by atoms with E-state index in [0.717, 1.165) is 0 Å². The maximum atomic E-state index is 12.0. The van der Waals surface area contributed by atoms with Gasteiger partial charge in [0.15, 0.2) is 0 Å². The third kappa shape index (κ3) is 3.24. The maximum Gasteiger partial charge on any atom is 0.254 e. The zero-order chi connectivity index (χ0) is 13.9. The van der Waals surface area contributed by atoms with Gasteiger partial charge in [0.2, 0.25) is 0 Å². The normalized spacial score (nSPS) is 11.5. The van der Waals surface area contributed by atoms with Gasteiger partial charge in [-0.2, -0.15) is 0 Å². The smallest absolute Gasteiger partial charge is 0.254 e. The zero-order valence-electron chi connectivity index (χ0n) is 11.1. The molecule has 0 saturated carbocycles. The summed E-state index contributed by atoms with van der Waals surface area (Å²) in [5, 5.41) is 4.98. The van der Waals surface area contributed by atoms with Crippen LogP contribution in [0.1, 0.15) is 34.8 Å². The number of nitrogens with two attached hydrogens (primary N) is 1. The number of furan rings is 1. The molecule has 0 aliphatic rings. The summed E-state index contributed by atoms with van der Waals surface area (Å²) in [7, 11) is 0. The first-order chi connectivity index (χ1) is 9.03. The van der Waals surface area contributed by atoms with E-state index < -0.39 is 0 Å². The van der Waals surface area contributed by atoms with E-state index >= 15 is 0 Å². The number of rotatable bonds is 5. The van der Waals surface area contributed by atoms with Gasteiger partial charge in [-0.15, -0.1) is 11.3 Å². The summed E-state index contributed by atoms with van der Waals surface area (Å²) >= 11 is 1.70. The first-order valence-corrected chi connectivity index (χ1v) is 7.00. The van der Waals surface area contributed by atoms with Crippen molar-refractivity contribution in [1.29, 1.82) is 0 Å². The molecule has 1 amide bonds. The fraction of sp³-hybridized carbons (Fsp3) is 0.357. The second-order valence-electron chi connectivity index (χ2n) is 5.05. The van der Waals surface area contributed by atoms with Crippen molar-refractivity contribution in [2.24, 2.45) is 5.73 Å². The Morgan fingerprint density at radius 2 is 2.32 bits per heavy atom. The molecular formula is C14H18N2O2S. The molecule has 19 heavy (non-hydrogen) atoms. The van der Waals surface area contributed by atoms with E-state index in [-0.39, 0.29) is 11.3 Å². The van der Waals surface area contributed by atoms with Gasteiger partial charge in [0.1, 0.15) is 12.0 Å². The molecule has 0 unspecified atom stereocenters. The van der Waals surface area contributed by atoms with Gasteiger partial charge in [0.05, 0.1) is 12.1 Å². The molecule has 102 valence electrons. The second-order valence-corrected chi connectivity index (χ2v) is 6.00. The summed E-state index contributed by atoms with van der Waals surface area (Å²) in [4.78, 5) is 13.2. The van der Waals surface area contributed by atoms with Crippen molar-refractivity contribution in [2.45, 2.75) is 25.8 Å². The molecule has 0 spiro atoms. The van der Waals surface area contributed by atoms with Gasteiger partial charge in [0, 0.05) is 16.8 Å². The standard InChI is InChI=1S/C14H18N2O2S/c1-14(2,12-4-3-5-19-12)9-16-13(17)10-6-11(7-15)18-8-10/h3-6,8H,7,9,15H2,1-2H3,(H,16,17). The summed E-state index contributed by atoms with van der Waals surface area (Å²) in [6.45, 7) is 5.10. The Hall–Kier alpha value is -1.59. The van der Waals surface area contributed by atoms with Crippen LogP contribution in [0.15, 0.2) is 34.3 Å². The molecule has 0 fully saturated rings. The average Bonchev–Trinajstić information content (AvgIpc) is 3.06. The van der Waals surface area contributed by atoms with Crippen LogP contribution in [0, 0.1) is 0 Å². The highest BCUT2D eigenvalue weighted by Crippen LogP contribution is 2.26. The molecule has 0 atom stereocenters. The lowest BCUT2D eigenvalue weighted by Gasteiger charge is -2.23. The van der Waals surface area contributed by atoms with Gasteiger partial charge < -0.3 is 15.5 Å². The Balaban J connectivity index is 1.97. The summed E-state index contributed by atoms with van der Waals surface area (Å²) in [5.74, 6) is 0.482. The highest BCUT2D eigenvalue weighted by molar-refractivity contribution is 7.10. The van der Waals surface area contributed by atoms with E-state index in [2.05, 4.69) is 25.2 Å². The van der Waals surface area contributed by atoms with E-state index in [1.165, 1.54) is 11.1 Å². The van der Waals surface area contributed by atoms with Gasteiger partial charge >= 0.3 is 0 Å². The van der Waals surface area contributed by atoms with Crippen LogP contribution >= 0.6 is 11.3 Å². The Morgan fingerprint density at radius 3 is 2.89 bits per heavy atom. The number of nitrogens with one attached hydrogen (secondary N) is 1. The number of thiophene rings is 1.